The Morgan fingerprint density at radius 2 is 1.68 bits per heavy atom. The molecule has 0 aliphatic carbocycles. The van der Waals surface area contributed by atoms with Gasteiger partial charge in [0.1, 0.15) is 5.75 Å². The molecule has 0 atom stereocenters. The van der Waals surface area contributed by atoms with Crippen LogP contribution >= 0.6 is 0 Å². The lowest BCUT2D eigenvalue weighted by atomic mass is 10.0. The zero-order valence-corrected chi connectivity index (χ0v) is 17.0. The van der Waals surface area contributed by atoms with Crippen molar-refractivity contribution in [1.29, 1.82) is 0 Å². The fourth-order valence-corrected chi connectivity index (χ4v) is 3.26. The van der Waals surface area contributed by atoms with E-state index in [9.17, 15) is 0 Å². The second-order valence-corrected chi connectivity index (χ2v) is 7.27. The Bertz CT molecular complexity index is 850. The molecule has 0 unspecified atom stereocenters. The summed E-state index contributed by atoms with van der Waals surface area (Å²) >= 11 is 0. The molecule has 0 saturated heterocycles. The number of likely N-dealkylation sites (N-methyl/N-ethyl adjacent to an activating group) is 1. The molecule has 2 aromatic carbocycles. The number of ether oxygens (including phenoxy) is 1. The minimum atomic E-state index is 0.826. The summed E-state index contributed by atoms with van der Waals surface area (Å²) in [5.41, 5.74) is 4.86. The lowest BCUT2D eigenvalue weighted by Gasteiger charge is -2.25. The Morgan fingerprint density at radius 3 is 2.36 bits per heavy atom. The summed E-state index contributed by atoms with van der Waals surface area (Å²) in [6.45, 7) is 3.66. The van der Waals surface area contributed by atoms with Crippen molar-refractivity contribution in [1.82, 2.24) is 14.8 Å². The maximum Gasteiger partial charge on any atom is 0.123 e. The largest absolute Gasteiger partial charge is 0.496 e. The summed E-state index contributed by atoms with van der Waals surface area (Å²) in [7, 11) is 5.96. The SMILES string of the molecule is COc1ccc(-c2ccccc2)cc1CN(CCN(C)C)Cc1cccnc1. The highest BCUT2D eigenvalue weighted by Crippen LogP contribution is 2.28. The van der Waals surface area contributed by atoms with Gasteiger partial charge in [-0.2, -0.15) is 0 Å². The minimum Gasteiger partial charge on any atom is -0.496 e. The zero-order valence-electron chi connectivity index (χ0n) is 17.0. The van der Waals surface area contributed by atoms with Gasteiger partial charge in [-0.25, -0.2) is 0 Å². The molecule has 0 fully saturated rings. The van der Waals surface area contributed by atoms with Gasteiger partial charge in [0, 0.05) is 44.1 Å². The van der Waals surface area contributed by atoms with Crippen LogP contribution in [0.15, 0.2) is 73.1 Å². The summed E-state index contributed by atoms with van der Waals surface area (Å²) in [5, 5.41) is 0. The van der Waals surface area contributed by atoms with E-state index >= 15 is 0 Å². The topological polar surface area (TPSA) is 28.6 Å². The van der Waals surface area contributed by atoms with E-state index in [4.69, 9.17) is 4.74 Å². The van der Waals surface area contributed by atoms with Crippen molar-refractivity contribution in [2.45, 2.75) is 13.1 Å². The molecule has 0 spiro atoms. The van der Waals surface area contributed by atoms with Crippen molar-refractivity contribution < 1.29 is 4.74 Å². The quantitative estimate of drug-likeness (QED) is 0.557. The van der Waals surface area contributed by atoms with Gasteiger partial charge < -0.3 is 9.64 Å². The van der Waals surface area contributed by atoms with Crippen LogP contribution in [-0.2, 0) is 13.1 Å². The van der Waals surface area contributed by atoms with Crippen LogP contribution in [0.2, 0.25) is 0 Å². The molecule has 0 N–H and O–H groups in total. The highest BCUT2D eigenvalue weighted by Gasteiger charge is 2.13. The van der Waals surface area contributed by atoms with E-state index in [2.05, 4.69) is 77.4 Å². The molecule has 0 radical (unpaired) electrons. The van der Waals surface area contributed by atoms with Crippen LogP contribution in [0, 0.1) is 0 Å². The minimum absolute atomic E-state index is 0.826. The first-order valence-electron chi connectivity index (χ1n) is 9.64. The molecule has 3 rings (SSSR count). The van der Waals surface area contributed by atoms with Crippen LogP contribution < -0.4 is 4.74 Å². The zero-order chi connectivity index (χ0) is 19.8. The number of benzene rings is 2. The number of pyridine rings is 1. The number of rotatable bonds is 9. The van der Waals surface area contributed by atoms with Crippen molar-refractivity contribution in [3.63, 3.8) is 0 Å². The second-order valence-electron chi connectivity index (χ2n) is 7.27. The first kappa shape index (κ1) is 20.1. The summed E-state index contributed by atoms with van der Waals surface area (Å²) in [6.07, 6.45) is 3.76. The molecule has 0 saturated carbocycles. The van der Waals surface area contributed by atoms with Crippen molar-refractivity contribution in [3.8, 4) is 16.9 Å². The third kappa shape index (κ3) is 5.65. The first-order valence-corrected chi connectivity index (χ1v) is 9.64. The van der Waals surface area contributed by atoms with Gasteiger partial charge in [-0.15, -0.1) is 0 Å². The van der Waals surface area contributed by atoms with Crippen LogP contribution in [-0.4, -0.2) is 49.1 Å². The Labute approximate surface area is 168 Å². The highest BCUT2D eigenvalue weighted by molar-refractivity contribution is 5.65. The van der Waals surface area contributed by atoms with Crippen LogP contribution in [0.1, 0.15) is 11.1 Å². The summed E-state index contributed by atoms with van der Waals surface area (Å²) < 4.78 is 5.66. The fourth-order valence-electron chi connectivity index (χ4n) is 3.26. The molecule has 0 amide bonds. The molecule has 1 aromatic heterocycles. The van der Waals surface area contributed by atoms with Gasteiger partial charge in [-0.05, 0) is 49.0 Å². The molecular weight excluding hydrogens is 346 g/mol. The van der Waals surface area contributed by atoms with Crippen LogP contribution in [0.4, 0.5) is 0 Å². The molecule has 0 aliphatic heterocycles. The molecule has 0 aliphatic rings. The molecule has 28 heavy (non-hydrogen) atoms. The van der Waals surface area contributed by atoms with Gasteiger partial charge >= 0.3 is 0 Å². The fraction of sp³-hybridized carbons (Fsp3) is 0.292. The van der Waals surface area contributed by atoms with Gasteiger partial charge in [-0.3, -0.25) is 9.88 Å². The van der Waals surface area contributed by atoms with E-state index in [0.717, 1.165) is 31.9 Å². The van der Waals surface area contributed by atoms with Crippen molar-refractivity contribution >= 4 is 0 Å². The molecule has 4 nitrogen and oxygen atoms in total. The lowest BCUT2D eigenvalue weighted by molar-refractivity contribution is 0.223. The Kier molecular flexibility index (Phi) is 7.18. The smallest absolute Gasteiger partial charge is 0.123 e. The molecule has 3 aromatic rings. The van der Waals surface area contributed by atoms with Crippen molar-refractivity contribution in [2.75, 3.05) is 34.3 Å². The summed E-state index contributed by atoms with van der Waals surface area (Å²) in [4.78, 5) is 8.93. The predicted octanol–water partition coefficient (Wildman–Crippen LogP) is 4.32. The van der Waals surface area contributed by atoms with Crippen molar-refractivity contribution in [2.24, 2.45) is 0 Å². The summed E-state index contributed by atoms with van der Waals surface area (Å²) in [6, 6.07) is 21.1. The standard InChI is InChI=1S/C24H29N3O/c1-26(2)14-15-27(18-20-8-7-13-25-17-20)19-23-16-22(11-12-24(23)28-3)21-9-5-4-6-10-21/h4-13,16-17H,14-15,18-19H2,1-3H3. The Balaban J connectivity index is 1.85. The number of nitrogens with zero attached hydrogens (tertiary/aromatic N) is 3. The van der Waals surface area contributed by atoms with Gasteiger partial charge in [0.2, 0.25) is 0 Å². The Morgan fingerprint density at radius 1 is 0.857 bits per heavy atom. The number of hydrogen-bond donors (Lipinski definition) is 0. The van der Waals surface area contributed by atoms with Crippen LogP contribution in [0.25, 0.3) is 11.1 Å². The lowest BCUT2D eigenvalue weighted by Crippen LogP contribution is -2.31. The third-order valence-electron chi connectivity index (χ3n) is 4.77. The van der Waals surface area contributed by atoms with E-state index in [1.54, 1.807) is 7.11 Å². The van der Waals surface area contributed by atoms with Gasteiger partial charge in [-0.1, -0.05) is 42.5 Å². The maximum atomic E-state index is 5.66. The molecule has 1 heterocycles. The van der Waals surface area contributed by atoms with Crippen LogP contribution in [0.3, 0.4) is 0 Å². The number of methoxy groups -OCH3 is 1. The monoisotopic (exact) mass is 375 g/mol. The number of hydrogen-bond acceptors (Lipinski definition) is 4. The molecule has 4 heteroatoms. The Hall–Kier alpha value is -2.69. The van der Waals surface area contributed by atoms with Gasteiger partial charge in [0.25, 0.3) is 0 Å². The molecule has 0 bridgehead atoms. The maximum absolute atomic E-state index is 5.66. The highest BCUT2D eigenvalue weighted by atomic mass is 16.5. The van der Waals surface area contributed by atoms with E-state index in [1.807, 2.05) is 24.5 Å². The molecule has 146 valence electrons. The van der Waals surface area contributed by atoms with E-state index in [1.165, 1.54) is 22.3 Å². The van der Waals surface area contributed by atoms with Crippen LogP contribution in [0.5, 0.6) is 5.75 Å². The molecular formula is C24H29N3O. The third-order valence-corrected chi connectivity index (χ3v) is 4.77. The second kappa shape index (κ2) is 10.0. The van der Waals surface area contributed by atoms with E-state index in [-0.39, 0.29) is 0 Å². The summed E-state index contributed by atoms with van der Waals surface area (Å²) in [5.74, 6) is 0.931. The van der Waals surface area contributed by atoms with Crippen molar-refractivity contribution in [3.05, 3.63) is 84.2 Å². The van der Waals surface area contributed by atoms with Gasteiger partial charge in [0.15, 0.2) is 0 Å². The van der Waals surface area contributed by atoms with E-state index in [0.29, 0.717) is 0 Å². The average molecular weight is 376 g/mol. The van der Waals surface area contributed by atoms with E-state index < -0.39 is 0 Å². The first-order chi connectivity index (χ1) is 13.7. The van der Waals surface area contributed by atoms with Gasteiger partial charge in [0.05, 0.1) is 7.11 Å². The predicted molar refractivity (Wildman–Crippen MR) is 115 cm³/mol. The number of aromatic nitrogens is 1. The average Bonchev–Trinajstić information content (AvgIpc) is 2.73. The normalized spacial score (nSPS) is 11.2.